The maximum Gasteiger partial charge on any atom is 0.246 e. The van der Waals surface area contributed by atoms with Crippen molar-refractivity contribution < 1.29 is 19.6 Å². The van der Waals surface area contributed by atoms with Gasteiger partial charge in [0, 0.05) is 41.9 Å². The summed E-state index contributed by atoms with van der Waals surface area (Å²) in [5.41, 5.74) is 2.30. The molecule has 148 valence electrons. The zero-order chi connectivity index (χ0) is 20.0. The van der Waals surface area contributed by atoms with Crippen LogP contribution >= 0.6 is 11.6 Å². The van der Waals surface area contributed by atoms with Gasteiger partial charge in [-0.25, -0.2) is 5.48 Å². The molecule has 2 N–H and O–H groups in total. The second-order valence-corrected chi connectivity index (χ2v) is 7.97. The first-order chi connectivity index (χ1) is 12.8. The predicted octanol–water partition coefficient (Wildman–Crippen LogP) is 3.32. The summed E-state index contributed by atoms with van der Waals surface area (Å²) in [6.45, 7) is 4.93. The first-order valence-electron chi connectivity index (χ1n) is 9.33. The Labute approximate surface area is 164 Å². The minimum absolute atomic E-state index is 0.0698. The van der Waals surface area contributed by atoms with Gasteiger partial charge in [0.05, 0.1) is 0 Å². The minimum atomic E-state index is -0.545. The Hall–Kier alpha value is -1.92. The number of carbonyl (C=O) groups excluding carboxylic acids is 3. The van der Waals surface area contributed by atoms with Crippen LogP contribution in [0.5, 0.6) is 0 Å². The van der Waals surface area contributed by atoms with E-state index in [1.807, 2.05) is 13.8 Å². The second-order valence-electron chi connectivity index (χ2n) is 7.53. The molecule has 1 aliphatic rings. The molecule has 1 atom stereocenters. The van der Waals surface area contributed by atoms with Gasteiger partial charge in [-0.15, -0.1) is 0 Å². The van der Waals surface area contributed by atoms with Crippen LogP contribution < -0.4 is 5.48 Å². The fraction of sp³-hybridized carbons (Fsp3) is 0.550. The number of nitrogens with one attached hydrogen (secondary N) is 1. The minimum Gasteiger partial charge on any atom is -0.343 e. The smallest absolute Gasteiger partial charge is 0.246 e. The predicted molar refractivity (Wildman–Crippen MR) is 103 cm³/mol. The molecule has 0 bridgehead atoms. The van der Waals surface area contributed by atoms with Crippen molar-refractivity contribution in [3.8, 4) is 0 Å². The molecule has 0 aromatic heterocycles. The number of Topliss-reactive ketones (excluding diaryl/α,β-unsaturated/α-hetero) is 1. The molecule has 1 aromatic carbocycles. The van der Waals surface area contributed by atoms with E-state index in [0.29, 0.717) is 42.9 Å². The number of likely N-dealkylation sites (tertiary alicyclic amines) is 1. The molecular formula is C20H27ClN2O4. The van der Waals surface area contributed by atoms with E-state index in [0.717, 1.165) is 0 Å². The number of carbonyl (C=O) groups is 3. The van der Waals surface area contributed by atoms with E-state index in [9.17, 15) is 14.4 Å². The summed E-state index contributed by atoms with van der Waals surface area (Å²) in [5, 5.41) is 9.48. The highest BCUT2D eigenvalue weighted by Gasteiger charge is 2.30. The van der Waals surface area contributed by atoms with Crippen LogP contribution in [0.2, 0.25) is 5.02 Å². The Balaban J connectivity index is 1.90. The Morgan fingerprint density at radius 1 is 1.19 bits per heavy atom. The number of benzene rings is 1. The topological polar surface area (TPSA) is 86.7 Å². The van der Waals surface area contributed by atoms with Crippen molar-refractivity contribution in [3.05, 3.63) is 34.9 Å². The number of amides is 2. The monoisotopic (exact) mass is 394 g/mol. The van der Waals surface area contributed by atoms with E-state index in [1.54, 1.807) is 34.6 Å². The third-order valence-electron chi connectivity index (χ3n) is 5.01. The van der Waals surface area contributed by atoms with Gasteiger partial charge in [-0.05, 0) is 49.4 Å². The highest BCUT2D eigenvalue weighted by Crippen LogP contribution is 2.24. The lowest BCUT2D eigenvalue weighted by Crippen LogP contribution is -2.42. The molecule has 1 unspecified atom stereocenters. The molecule has 0 spiro atoms. The Kier molecular flexibility index (Phi) is 7.80. The maximum absolute atomic E-state index is 12.6. The van der Waals surface area contributed by atoms with Crippen molar-refractivity contribution >= 4 is 29.2 Å². The largest absolute Gasteiger partial charge is 0.343 e. The van der Waals surface area contributed by atoms with E-state index >= 15 is 0 Å². The molecule has 1 saturated heterocycles. The van der Waals surface area contributed by atoms with Gasteiger partial charge in [0.15, 0.2) is 5.78 Å². The van der Waals surface area contributed by atoms with Crippen LogP contribution in [0, 0.1) is 17.8 Å². The fourth-order valence-corrected chi connectivity index (χ4v) is 3.65. The highest BCUT2D eigenvalue weighted by molar-refractivity contribution is 6.30. The van der Waals surface area contributed by atoms with Crippen molar-refractivity contribution in [3.63, 3.8) is 0 Å². The van der Waals surface area contributed by atoms with E-state index in [2.05, 4.69) is 0 Å². The van der Waals surface area contributed by atoms with Crippen molar-refractivity contribution in [1.82, 2.24) is 10.4 Å². The average molecular weight is 395 g/mol. The summed E-state index contributed by atoms with van der Waals surface area (Å²) in [6.07, 6.45) is 1.81. The van der Waals surface area contributed by atoms with Crippen LogP contribution in [0.1, 0.15) is 49.9 Å². The summed E-state index contributed by atoms with van der Waals surface area (Å²) in [5.74, 6) is -0.969. The molecule has 1 heterocycles. The molecule has 2 amide bonds. The highest BCUT2D eigenvalue weighted by atomic mass is 35.5. The zero-order valence-electron chi connectivity index (χ0n) is 15.8. The summed E-state index contributed by atoms with van der Waals surface area (Å²) in [7, 11) is 0. The molecule has 0 saturated carbocycles. The molecule has 27 heavy (non-hydrogen) atoms. The number of rotatable bonds is 7. The Morgan fingerprint density at radius 2 is 1.78 bits per heavy atom. The molecular weight excluding hydrogens is 368 g/mol. The number of halogens is 1. The number of hydrogen-bond donors (Lipinski definition) is 2. The molecule has 7 heteroatoms. The molecule has 1 fully saturated rings. The fourth-order valence-electron chi connectivity index (χ4n) is 3.52. The van der Waals surface area contributed by atoms with Gasteiger partial charge in [-0.2, -0.15) is 0 Å². The second kappa shape index (κ2) is 9.85. The van der Waals surface area contributed by atoms with E-state index in [4.69, 9.17) is 16.8 Å². The van der Waals surface area contributed by atoms with Crippen molar-refractivity contribution in [2.24, 2.45) is 17.8 Å². The first-order valence-corrected chi connectivity index (χ1v) is 9.71. The molecule has 1 aromatic rings. The lowest BCUT2D eigenvalue weighted by molar-refractivity contribution is -0.141. The normalized spacial score (nSPS) is 16.3. The lowest BCUT2D eigenvalue weighted by atomic mass is 9.88. The quantitative estimate of drug-likeness (QED) is 0.422. The number of ketones is 1. The van der Waals surface area contributed by atoms with Gasteiger partial charge in [0.2, 0.25) is 11.8 Å². The van der Waals surface area contributed by atoms with E-state index < -0.39 is 11.8 Å². The Morgan fingerprint density at radius 3 is 2.30 bits per heavy atom. The SMILES string of the molecule is CC(C)CC(CC(=O)N1CCC(C(=O)c2ccc(Cl)cc2)CC1)C(=O)NO. The van der Waals surface area contributed by atoms with Crippen LogP contribution in [0.4, 0.5) is 0 Å². The number of nitrogens with zero attached hydrogens (tertiary/aromatic N) is 1. The molecule has 2 rings (SSSR count). The average Bonchev–Trinajstić information content (AvgIpc) is 2.66. The van der Waals surface area contributed by atoms with Crippen molar-refractivity contribution in [2.75, 3.05) is 13.1 Å². The van der Waals surface area contributed by atoms with Gasteiger partial charge >= 0.3 is 0 Å². The Bertz CT molecular complexity index is 667. The van der Waals surface area contributed by atoms with Crippen LogP contribution in [0.3, 0.4) is 0 Å². The maximum atomic E-state index is 12.6. The van der Waals surface area contributed by atoms with Crippen LogP contribution in [-0.2, 0) is 9.59 Å². The summed E-state index contributed by atoms with van der Waals surface area (Å²) in [6, 6.07) is 6.86. The van der Waals surface area contributed by atoms with Gasteiger partial charge in [0.1, 0.15) is 0 Å². The number of hydroxylamine groups is 1. The standard InChI is InChI=1S/C20H27ClN2O4/c1-13(2)11-16(20(26)22-27)12-18(24)23-9-7-15(8-10-23)19(25)14-3-5-17(21)6-4-14/h3-6,13,15-16,27H,7-12H2,1-2H3,(H,22,26). The molecule has 0 aliphatic carbocycles. The summed E-state index contributed by atoms with van der Waals surface area (Å²) >= 11 is 5.86. The number of piperidine rings is 1. The van der Waals surface area contributed by atoms with Crippen molar-refractivity contribution in [1.29, 1.82) is 0 Å². The lowest BCUT2D eigenvalue weighted by Gasteiger charge is -2.32. The summed E-state index contributed by atoms with van der Waals surface area (Å²) < 4.78 is 0. The zero-order valence-corrected chi connectivity index (χ0v) is 16.5. The van der Waals surface area contributed by atoms with Gasteiger partial charge in [0.25, 0.3) is 0 Å². The van der Waals surface area contributed by atoms with Crippen LogP contribution in [0.15, 0.2) is 24.3 Å². The van der Waals surface area contributed by atoms with Crippen LogP contribution in [-0.4, -0.2) is 40.8 Å². The third-order valence-corrected chi connectivity index (χ3v) is 5.26. The molecule has 0 radical (unpaired) electrons. The number of hydrogen-bond acceptors (Lipinski definition) is 4. The van der Waals surface area contributed by atoms with Gasteiger partial charge in [-0.3, -0.25) is 19.6 Å². The van der Waals surface area contributed by atoms with Crippen LogP contribution in [0.25, 0.3) is 0 Å². The van der Waals surface area contributed by atoms with Gasteiger partial charge < -0.3 is 4.90 Å². The van der Waals surface area contributed by atoms with E-state index in [-0.39, 0.29) is 29.9 Å². The van der Waals surface area contributed by atoms with Gasteiger partial charge in [-0.1, -0.05) is 25.4 Å². The van der Waals surface area contributed by atoms with E-state index in [1.165, 1.54) is 0 Å². The first kappa shape index (κ1) is 21.4. The molecule has 6 nitrogen and oxygen atoms in total. The third kappa shape index (κ3) is 6.04. The molecule has 1 aliphatic heterocycles. The summed E-state index contributed by atoms with van der Waals surface area (Å²) in [4.78, 5) is 38.7. The van der Waals surface area contributed by atoms with Crippen molar-refractivity contribution in [2.45, 2.75) is 39.5 Å².